The van der Waals surface area contributed by atoms with Gasteiger partial charge in [-0.1, -0.05) is 11.6 Å². The van der Waals surface area contributed by atoms with Crippen LogP contribution in [0.25, 0.3) is 16.7 Å². The highest BCUT2D eigenvalue weighted by molar-refractivity contribution is 6.32. The molecule has 8 heteroatoms. The molecule has 0 saturated carbocycles. The number of benzene rings is 1. The van der Waals surface area contributed by atoms with Crippen molar-refractivity contribution in [1.82, 2.24) is 19.6 Å². The maximum absolute atomic E-state index is 10.7. The van der Waals surface area contributed by atoms with Crippen molar-refractivity contribution in [2.24, 2.45) is 0 Å². The molecule has 2 heterocycles. The zero-order valence-electron chi connectivity index (χ0n) is 9.16. The number of aromatic nitrogens is 4. The zero-order valence-corrected chi connectivity index (χ0v) is 9.92. The lowest BCUT2D eigenvalue weighted by molar-refractivity contribution is -0.384. The second-order valence-electron chi connectivity index (χ2n) is 3.74. The number of hydrogen-bond donors (Lipinski definition) is 0. The van der Waals surface area contributed by atoms with Crippen molar-refractivity contribution in [3.05, 3.63) is 39.3 Å². The van der Waals surface area contributed by atoms with Gasteiger partial charge in [-0.15, -0.1) is 10.2 Å². The lowest BCUT2D eigenvalue weighted by Crippen LogP contribution is -1.96. The molecule has 18 heavy (non-hydrogen) atoms. The van der Waals surface area contributed by atoms with Crippen molar-refractivity contribution in [2.75, 3.05) is 0 Å². The lowest BCUT2D eigenvalue weighted by Gasteiger charge is -2.03. The van der Waals surface area contributed by atoms with Gasteiger partial charge in [0.1, 0.15) is 5.82 Å². The summed E-state index contributed by atoms with van der Waals surface area (Å²) in [6.07, 6.45) is 0. The summed E-state index contributed by atoms with van der Waals surface area (Å²) < 4.78 is 1.72. The zero-order chi connectivity index (χ0) is 12.9. The maximum atomic E-state index is 10.7. The standard InChI is InChI=1S/C10H6ClN5O2/c1-5-13-14-10-9(11)12-7-4-6(16(17)18)2-3-8(7)15(5)10/h2-4H,1H3. The number of fused-ring (bicyclic) bond motifs is 3. The van der Waals surface area contributed by atoms with Crippen LogP contribution in [-0.2, 0) is 0 Å². The van der Waals surface area contributed by atoms with E-state index < -0.39 is 4.92 Å². The first-order valence-corrected chi connectivity index (χ1v) is 5.41. The third kappa shape index (κ3) is 1.41. The van der Waals surface area contributed by atoms with E-state index in [2.05, 4.69) is 15.2 Å². The number of nitro groups is 1. The summed E-state index contributed by atoms with van der Waals surface area (Å²) in [7, 11) is 0. The average molecular weight is 264 g/mol. The van der Waals surface area contributed by atoms with Crippen molar-refractivity contribution >= 4 is 34.0 Å². The molecule has 0 bridgehead atoms. The Hall–Kier alpha value is -2.28. The number of halogens is 1. The fourth-order valence-corrected chi connectivity index (χ4v) is 2.06. The topological polar surface area (TPSA) is 86.2 Å². The summed E-state index contributed by atoms with van der Waals surface area (Å²) in [6.45, 7) is 1.77. The van der Waals surface area contributed by atoms with Crippen LogP contribution in [0.4, 0.5) is 5.69 Å². The highest BCUT2D eigenvalue weighted by Crippen LogP contribution is 2.24. The van der Waals surface area contributed by atoms with Gasteiger partial charge in [-0.25, -0.2) is 4.98 Å². The van der Waals surface area contributed by atoms with Crippen molar-refractivity contribution in [2.45, 2.75) is 6.92 Å². The molecular formula is C10H6ClN5O2. The summed E-state index contributed by atoms with van der Waals surface area (Å²) in [5, 5.41) is 18.7. The van der Waals surface area contributed by atoms with Crippen molar-refractivity contribution in [3.63, 3.8) is 0 Å². The van der Waals surface area contributed by atoms with Gasteiger partial charge in [-0.3, -0.25) is 14.5 Å². The number of nitro benzene ring substituents is 1. The summed E-state index contributed by atoms with van der Waals surface area (Å²) in [6, 6.07) is 4.40. The van der Waals surface area contributed by atoms with Gasteiger partial charge in [0.2, 0.25) is 0 Å². The molecule has 0 N–H and O–H groups in total. The SMILES string of the molecule is Cc1nnc2c(Cl)nc3cc([N+](=O)[O-])ccc3n12. The minimum Gasteiger partial charge on any atom is -0.275 e. The molecule has 3 aromatic rings. The van der Waals surface area contributed by atoms with E-state index >= 15 is 0 Å². The highest BCUT2D eigenvalue weighted by atomic mass is 35.5. The molecule has 3 rings (SSSR count). The third-order valence-electron chi connectivity index (χ3n) is 2.64. The Morgan fingerprint density at radius 3 is 2.89 bits per heavy atom. The van der Waals surface area contributed by atoms with E-state index in [1.807, 2.05) is 0 Å². The predicted octanol–water partition coefficient (Wildman–Crippen LogP) is 2.15. The van der Waals surface area contributed by atoms with Gasteiger partial charge >= 0.3 is 0 Å². The van der Waals surface area contributed by atoms with Crippen LogP contribution in [0.15, 0.2) is 18.2 Å². The molecule has 2 aromatic heterocycles. The quantitative estimate of drug-likeness (QED) is 0.496. The van der Waals surface area contributed by atoms with E-state index in [0.717, 1.165) is 0 Å². The molecule has 90 valence electrons. The maximum Gasteiger partial charge on any atom is 0.271 e. The van der Waals surface area contributed by atoms with Crippen LogP contribution in [0.3, 0.4) is 0 Å². The average Bonchev–Trinajstić information content (AvgIpc) is 2.72. The summed E-state index contributed by atoms with van der Waals surface area (Å²) in [4.78, 5) is 14.3. The Bertz CT molecular complexity index is 798. The van der Waals surface area contributed by atoms with E-state index in [4.69, 9.17) is 11.6 Å². The lowest BCUT2D eigenvalue weighted by atomic mass is 10.2. The first-order chi connectivity index (χ1) is 8.58. The Morgan fingerprint density at radius 2 is 2.17 bits per heavy atom. The minimum absolute atomic E-state index is 0.0313. The third-order valence-corrected chi connectivity index (χ3v) is 2.89. The molecule has 0 saturated heterocycles. The van der Waals surface area contributed by atoms with Gasteiger partial charge in [0.05, 0.1) is 16.0 Å². The second-order valence-corrected chi connectivity index (χ2v) is 4.10. The van der Waals surface area contributed by atoms with Gasteiger partial charge in [0.25, 0.3) is 5.69 Å². The summed E-state index contributed by atoms with van der Waals surface area (Å²) in [5.41, 5.74) is 1.53. The molecule has 0 aliphatic rings. The molecule has 0 amide bonds. The van der Waals surface area contributed by atoms with Gasteiger partial charge in [-0.2, -0.15) is 0 Å². The molecule has 0 atom stereocenters. The summed E-state index contributed by atoms with van der Waals surface area (Å²) in [5.74, 6) is 0.646. The van der Waals surface area contributed by atoms with Gasteiger partial charge in [-0.05, 0) is 13.0 Å². The number of hydrogen-bond acceptors (Lipinski definition) is 5. The largest absolute Gasteiger partial charge is 0.275 e. The molecule has 1 aromatic carbocycles. The van der Waals surface area contributed by atoms with E-state index in [1.165, 1.54) is 12.1 Å². The van der Waals surface area contributed by atoms with Crippen LogP contribution < -0.4 is 0 Å². The summed E-state index contributed by atoms with van der Waals surface area (Å²) >= 11 is 5.98. The first-order valence-electron chi connectivity index (χ1n) is 5.03. The Kier molecular flexibility index (Phi) is 2.17. The molecule has 0 aliphatic heterocycles. The van der Waals surface area contributed by atoms with E-state index in [9.17, 15) is 10.1 Å². The molecule has 0 fully saturated rings. The number of aryl methyl sites for hydroxylation is 1. The van der Waals surface area contributed by atoms with Crippen LogP contribution in [0, 0.1) is 17.0 Å². The number of rotatable bonds is 1. The van der Waals surface area contributed by atoms with Crippen LogP contribution in [-0.4, -0.2) is 24.5 Å². The van der Waals surface area contributed by atoms with E-state index in [0.29, 0.717) is 22.5 Å². The second kappa shape index (κ2) is 3.61. The van der Waals surface area contributed by atoms with Crippen LogP contribution in [0.1, 0.15) is 5.82 Å². The molecule has 0 radical (unpaired) electrons. The minimum atomic E-state index is -0.474. The van der Waals surface area contributed by atoms with Gasteiger partial charge < -0.3 is 0 Å². The van der Waals surface area contributed by atoms with Crippen molar-refractivity contribution in [1.29, 1.82) is 0 Å². The fourth-order valence-electron chi connectivity index (χ4n) is 1.84. The van der Waals surface area contributed by atoms with Crippen LogP contribution >= 0.6 is 11.6 Å². The fraction of sp³-hybridized carbons (Fsp3) is 0.100. The smallest absolute Gasteiger partial charge is 0.271 e. The normalized spacial score (nSPS) is 11.2. The van der Waals surface area contributed by atoms with Crippen LogP contribution in [0.2, 0.25) is 5.15 Å². The first kappa shape index (κ1) is 10.8. The Balaban J connectivity index is 2.49. The van der Waals surface area contributed by atoms with Crippen molar-refractivity contribution in [3.8, 4) is 0 Å². The van der Waals surface area contributed by atoms with Crippen LogP contribution in [0.5, 0.6) is 0 Å². The molecule has 0 aliphatic carbocycles. The Morgan fingerprint density at radius 1 is 1.39 bits per heavy atom. The van der Waals surface area contributed by atoms with Gasteiger partial charge in [0, 0.05) is 12.1 Å². The molecule has 7 nitrogen and oxygen atoms in total. The van der Waals surface area contributed by atoms with Crippen molar-refractivity contribution < 1.29 is 4.92 Å². The van der Waals surface area contributed by atoms with E-state index in [1.54, 1.807) is 17.4 Å². The Labute approximate surface area is 105 Å². The number of non-ortho nitro benzene ring substituents is 1. The monoisotopic (exact) mass is 263 g/mol. The molecular weight excluding hydrogens is 258 g/mol. The van der Waals surface area contributed by atoms with E-state index in [-0.39, 0.29) is 10.8 Å². The van der Waals surface area contributed by atoms with Gasteiger partial charge in [0.15, 0.2) is 10.8 Å². The molecule has 0 unspecified atom stereocenters. The highest BCUT2D eigenvalue weighted by Gasteiger charge is 2.14. The predicted molar refractivity (Wildman–Crippen MR) is 64.7 cm³/mol. The number of nitrogens with zero attached hydrogens (tertiary/aromatic N) is 5. The molecule has 0 spiro atoms.